The second-order valence-electron chi connectivity index (χ2n) is 4.38. The normalized spacial score (nSPS) is 13.0. The molecule has 1 atom stereocenters. The topological polar surface area (TPSA) is 46.2 Å². The first-order valence-electron chi connectivity index (χ1n) is 6.02. The first kappa shape index (κ1) is 16.4. The maximum atomic E-state index is 12.5. The van der Waals surface area contributed by atoms with Crippen molar-refractivity contribution < 1.29 is 8.42 Å². The van der Waals surface area contributed by atoms with Crippen LogP contribution in [0.5, 0.6) is 0 Å². The third kappa shape index (κ3) is 3.83. The Kier molecular flexibility index (Phi) is 5.04. The summed E-state index contributed by atoms with van der Waals surface area (Å²) >= 11 is 17.8. The number of sulfonamides is 1. The van der Waals surface area contributed by atoms with Crippen molar-refractivity contribution >= 4 is 50.5 Å². The molecule has 0 aliphatic carbocycles. The molecule has 0 aromatic heterocycles. The smallest absolute Gasteiger partial charge is 0.263 e. The molecule has 3 nitrogen and oxygen atoms in total. The van der Waals surface area contributed by atoms with Crippen LogP contribution in [-0.2, 0) is 10.0 Å². The maximum Gasteiger partial charge on any atom is 0.263 e. The Balaban J connectivity index is 2.45. The maximum absolute atomic E-state index is 12.5. The van der Waals surface area contributed by atoms with Crippen LogP contribution in [0, 0.1) is 0 Å². The molecular formula is C14H12Cl3NO2S. The SMILES string of the molecule is CC(Cl)c1ccccc1NS(=O)(=O)c1cc(Cl)ccc1Cl. The Morgan fingerprint density at radius 1 is 1.10 bits per heavy atom. The Labute approximate surface area is 138 Å². The van der Waals surface area contributed by atoms with Gasteiger partial charge in [0, 0.05) is 5.02 Å². The lowest BCUT2D eigenvalue weighted by Gasteiger charge is -2.14. The summed E-state index contributed by atoms with van der Waals surface area (Å²) < 4.78 is 27.4. The second-order valence-corrected chi connectivity index (χ2v) is 7.53. The van der Waals surface area contributed by atoms with Crippen LogP contribution in [0.3, 0.4) is 0 Å². The summed E-state index contributed by atoms with van der Waals surface area (Å²) in [5.41, 5.74) is 1.09. The van der Waals surface area contributed by atoms with Crippen molar-refractivity contribution in [2.45, 2.75) is 17.2 Å². The van der Waals surface area contributed by atoms with Crippen molar-refractivity contribution in [3.8, 4) is 0 Å². The van der Waals surface area contributed by atoms with Gasteiger partial charge in [0.25, 0.3) is 10.0 Å². The summed E-state index contributed by atoms with van der Waals surface area (Å²) in [5.74, 6) is 0. The Hall–Kier alpha value is -0.940. The van der Waals surface area contributed by atoms with Crippen molar-refractivity contribution in [1.29, 1.82) is 0 Å². The molecular weight excluding hydrogens is 353 g/mol. The summed E-state index contributed by atoms with van der Waals surface area (Å²) in [6, 6.07) is 11.2. The quantitative estimate of drug-likeness (QED) is 0.768. The highest BCUT2D eigenvalue weighted by Crippen LogP contribution is 2.31. The summed E-state index contributed by atoms with van der Waals surface area (Å²) in [6.07, 6.45) is 0. The van der Waals surface area contributed by atoms with Gasteiger partial charge < -0.3 is 0 Å². The van der Waals surface area contributed by atoms with E-state index >= 15 is 0 Å². The second kappa shape index (κ2) is 6.44. The van der Waals surface area contributed by atoms with E-state index in [1.54, 1.807) is 31.2 Å². The monoisotopic (exact) mass is 363 g/mol. The van der Waals surface area contributed by atoms with E-state index in [0.29, 0.717) is 16.3 Å². The van der Waals surface area contributed by atoms with Crippen molar-refractivity contribution in [1.82, 2.24) is 0 Å². The standard InChI is InChI=1S/C14H12Cl3NO2S/c1-9(15)11-4-2-3-5-13(11)18-21(19,20)14-8-10(16)6-7-12(14)17/h2-9,18H,1H3. The molecule has 0 heterocycles. The molecule has 7 heteroatoms. The number of hydrogen-bond acceptors (Lipinski definition) is 2. The first-order valence-corrected chi connectivity index (χ1v) is 8.69. The average Bonchev–Trinajstić information content (AvgIpc) is 2.41. The highest BCUT2D eigenvalue weighted by Gasteiger charge is 2.20. The van der Waals surface area contributed by atoms with Crippen LogP contribution in [0.2, 0.25) is 10.0 Å². The zero-order valence-corrected chi connectivity index (χ0v) is 14.1. The lowest BCUT2D eigenvalue weighted by Crippen LogP contribution is -2.15. The molecule has 1 unspecified atom stereocenters. The fraction of sp³-hybridized carbons (Fsp3) is 0.143. The minimum absolute atomic E-state index is 0.0753. The Bertz CT molecular complexity index is 761. The van der Waals surface area contributed by atoms with E-state index < -0.39 is 10.0 Å². The van der Waals surface area contributed by atoms with Crippen molar-refractivity contribution in [3.63, 3.8) is 0 Å². The predicted octanol–water partition coefficient (Wildman–Crippen LogP) is 5.09. The number of nitrogens with one attached hydrogen (secondary N) is 1. The van der Waals surface area contributed by atoms with Gasteiger partial charge in [0.2, 0.25) is 0 Å². The Morgan fingerprint density at radius 2 is 1.76 bits per heavy atom. The average molecular weight is 365 g/mol. The third-order valence-electron chi connectivity index (χ3n) is 2.82. The molecule has 0 aliphatic rings. The van der Waals surface area contributed by atoms with Gasteiger partial charge in [-0.3, -0.25) is 4.72 Å². The molecule has 0 bridgehead atoms. The minimum atomic E-state index is -3.85. The number of hydrogen-bond donors (Lipinski definition) is 1. The minimum Gasteiger partial charge on any atom is -0.279 e. The van der Waals surface area contributed by atoms with Gasteiger partial charge in [0.05, 0.1) is 16.1 Å². The molecule has 0 amide bonds. The van der Waals surface area contributed by atoms with E-state index in [4.69, 9.17) is 34.8 Å². The third-order valence-corrected chi connectivity index (χ3v) is 5.13. The lowest BCUT2D eigenvalue weighted by molar-refractivity contribution is 0.601. The van der Waals surface area contributed by atoms with Gasteiger partial charge in [0.1, 0.15) is 4.90 Å². The molecule has 0 spiro atoms. The van der Waals surface area contributed by atoms with Gasteiger partial charge >= 0.3 is 0 Å². The van der Waals surface area contributed by atoms with Crippen LogP contribution >= 0.6 is 34.8 Å². The first-order chi connectivity index (χ1) is 9.81. The highest BCUT2D eigenvalue weighted by molar-refractivity contribution is 7.92. The fourth-order valence-electron chi connectivity index (χ4n) is 1.82. The van der Waals surface area contributed by atoms with Crippen LogP contribution in [0.4, 0.5) is 5.69 Å². The van der Waals surface area contributed by atoms with Crippen molar-refractivity contribution in [2.24, 2.45) is 0 Å². The van der Waals surface area contributed by atoms with Gasteiger partial charge in [-0.25, -0.2) is 8.42 Å². The summed E-state index contributed by atoms with van der Waals surface area (Å²) in [5, 5.41) is 0.0563. The Morgan fingerprint density at radius 3 is 2.43 bits per heavy atom. The van der Waals surface area contributed by atoms with Crippen LogP contribution in [-0.4, -0.2) is 8.42 Å². The van der Waals surface area contributed by atoms with E-state index in [1.165, 1.54) is 18.2 Å². The van der Waals surface area contributed by atoms with Crippen molar-refractivity contribution in [3.05, 3.63) is 58.1 Å². The van der Waals surface area contributed by atoms with E-state index in [2.05, 4.69) is 4.72 Å². The fourth-order valence-corrected chi connectivity index (χ4v) is 3.86. The van der Waals surface area contributed by atoms with Crippen LogP contribution in [0.1, 0.15) is 17.9 Å². The van der Waals surface area contributed by atoms with Gasteiger partial charge in [0.15, 0.2) is 0 Å². The zero-order valence-electron chi connectivity index (χ0n) is 11.0. The molecule has 0 aliphatic heterocycles. The molecule has 0 fully saturated rings. The number of alkyl halides is 1. The summed E-state index contributed by atoms with van der Waals surface area (Å²) in [7, 11) is -3.85. The van der Waals surface area contributed by atoms with Crippen LogP contribution < -0.4 is 4.72 Å². The van der Waals surface area contributed by atoms with Gasteiger partial charge in [-0.2, -0.15) is 0 Å². The number of para-hydroxylation sites is 1. The molecule has 21 heavy (non-hydrogen) atoms. The van der Waals surface area contributed by atoms with E-state index in [9.17, 15) is 8.42 Å². The molecule has 0 saturated heterocycles. The van der Waals surface area contributed by atoms with E-state index in [-0.39, 0.29) is 15.3 Å². The lowest BCUT2D eigenvalue weighted by atomic mass is 10.1. The highest BCUT2D eigenvalue weighted by atomic mass is 35.5. The molecule has 0 saturated carbocycles. The van der Waals surface area contributed by atoms with Crippen LogP contribution in [0.25, 0.3) is 0 Å². The zero-order chi connectivity index (χ0) is 15.6. The summed E-state index contributed by atoms with van der Waals surface area (Å²) in [4.78, 5) is -0.0753. The van der Waals surface area contributed by atoms with Gasteiger partial charge in [-0.1, -0.05) is 41.4 Å². The van der Waals surface area contributed by atoms with E-state index in [0.717, 1.165) is 0 Å². The molecule has 2 rings (SSSR count). The summed E-state index contributed by atoms with van der Waals surface area (Å²) in [6.45, 7) is 1.76. The van der Waals surface area contributed by atoms with Gasteiger partial charge in [-0.15, -0.1) is 11.6 Å². The predicted molar refractivity (Wildman–Crippen MR) is 88.0 cm³/mol. The number of halogens is 3. The number of benzene rings is 2. The molecule has 2 aromatic rings. The number of anilines is 1. The molecule has 2 aromatic carbocycles. The number of rotatable bonds is 4. The van der Waals surface area contributed by atoms with Gasteiger partial charge in [-0.05, 0) is 36.8 Å². The largest absolute Gasteiger partial charge is 0.279 e. The van der Waals surface area contributed by atoms with Crippen LogP contribution in [0.15, 0.2) is 47.4 Å². The molecule has 0 radical (unpaired) electrons. The molecule has 1 N–H and O–H groups in total. The van der Waals surface area contributed by atoms with Crippen molar-refractivity contribution in [2.75, 3.05) is 4.72 Å². The molecule has 112 valence electrons. The van der Waals surface area contributed by atoms with E-state index in [1.807, 2.05) is 0 Å².